The van der Waals surface area contributed by atoms with E-state index in [9.17, 15) is 14.7 Å². The molecule has 2 rings (SSSR count). The van der Waals surface area contributed by atoms with Crippen molar-refractivity contribution in [3.05, 3.63) is 0 Å². The first-order valence-corrected chi connectivity index (χ1v) is 8.86. The lowest BCUT2D eigenvalue weighted by molar-refractivity contribution is -0.142. The van der Waals surface area contributed by atoms with Crippen LogP contribution in [0.1, 0.15) is 64.7 Å². The fraction of sp³-hybridized carbons (Fsp3) is 0.882. The summed E-state index contributed by atoms with van der Waals surface area (Å²) in [7, 11) is 0. The normalized spacial score (nSPS) is 29.2. The van der Waals surface area contributed by atoms with Gasteiger partial charge in [0.2, 0.25) is 11.8 Å². The van der Waals surface area contributed by atoms with Crippen molar-refractivity contribution in [2.75, 3.05) is 13.2 Å². The molecule has 0 aromatic carbocycles. The molecular formula is C17H30N2O3. The minimum atomic E-state index is -0.275. The SMILES string of the molecule is CCCC(=O)N1CCCCC1C(=O)NC1CCC(CO)CC1. The Morgan fingerprint density at radius 3 is 2.50 bits per heavy atom. The number of nitrogens with zero attached hydrogens (tertiary/aromatic N) is 1. The molecule has 1 saturated heterocycles. The van der Waals surface area contributed by atoms with Crippen molar-refractivity contribution in [3.63, 3.8) is 0 Å². The fourth-order valence-corrected chi connectivity index (χ4v) is 3.65. The predicted octanol–water partition coefficient (Wildman–Crippen LogP) is 1.83. The molecule has 2 N–H and O–H groups in total. The Kier molecular flexibility index (Phi) is 6.68. The Morgan fingerprint density at radius 1 is 1.14 bits per heavy atom. The Labute approximate surface area is 133 Å². The number of nitrogens with one attached hydrogen (secondary N) is 1. The van der Waals surface area contributed by atoms with Gasteiger partial charge in [-0.25, -0.2) is 0 Å². The smallest absolute Gasteiger partial charge is 0.243 e. The van der Waals surface area contributed by atoms with Gasteiger partial charge in [0.25, 0.3) is 0 Å². The third kappa shape index (κ3) is 4.45. The van der Waals surface area contributed by atoms with Gasteiger partial charge >= 0.3 is 0 Å². The molecule has 2 amide bonds. The van der Waals surface area contributed by atoms with Crippen molar-refractivity contribution < 1.29 is 14.7 Å². The molecule has 0 aromatic heterocycles. The van der Waals surface area contributed by atoms with Gasteiger partial charge in [0.05, 0.1) is 0 Å². The second-order valence-corrected chi connectivity index (χ2v) is 6.76. The molecule has 1 aliphatic heterocycles. The van der Waals surface area contributed by atoms with E-state index in [1.165, 1.54) is 0 Å². The quantitative estimate of drug-likeness (QED) is 0.814. The first-order chi connectivity index (χ1) is 10.7. The second-order valence-electron chi connectivity index (χ2n) is 6.76. The maximum atomic E-state index is 12.6. The van der Waals surface area contributed by atoms with Crippen LogP contribution in [0.4, 0.5) is 0 Å². The van der Waals surface area contributed by atoms with Gasteiger partial charge in [0.15, 0.2) is 0 Å². The molecule has 22 heavy (non-hydrogen) atoms. The first kappa shape index (κ1) is 17.3. The molecule has 1 saturated carbocycles. The maximum absolute atomic E-state index is 12.6. The summed E-state index contributed by atoms with van der Waals surface area (Å²) in [6.07, 6.45) is 7.99. The van der Waals surface area contributed by atoms with Crippen LogP contribution in [0.5, 0.6) is 0 Å². The summed E-state index contributed by atoms with van der Waals surface area (Å²) in [6, 6.07) is -0.0660. The average molecular weight is 310 g/mol. The van der Waals surface area contributed by atoms with Gasteiger partial charge in [0.1, 0.15) is 6.04 Å². The van der Waals surface area contributed by atoms with Crippen LogP contribution in [0.3, 0.4) is 0 Å². The van der Waals surface area contributed by atoms with Crippen molar-refractivity contribution in [2.45, 2.75) is 76.8 Å². The van der Waals surface area contributed by atoms with Crippen molar-refractivity contribution in [1.29, 1.82) is 0 Å². The third-order valence-corrected chi connectivity index (χ3v) is 5.04. The molecule has 1 aliphatic carbocycles. The standard InChI is InChI=1S/C17H30N2O3/c1-2-5-16(21)19-11-4-3-6-15(19)17(22)18-14-9-7-13(12-20)8-10-14/h13-15,20H,2-12H2,1H3,(H,18,22). The van der Waals surface area contributed by atoms with Crippen LogP contribution in [0.15, 0.2) is 0 Å². The van der Waals surface area contributed by atoms with E-state index in [1.807, 2.05) is 6.92 Å². The average Bonchev–Trinajstić information content (AvgIpc) is 2.55. The predicted molar refractivity (Wildman–Crippen MR) is 85.2 cm³/mol. The minimum absolute atomic E-state index is 0.0246. The molecule has 2 fully saturated rings. The van der Waals surface area contributed by atoms with Crippen LogP contribution in [0.25, 0.3) is 0 Å². The lowest BCUT2D eigenvalue weighted by Crippen LogP contribution is -2.54. The van der Waals surface area contributed by atoms with E-state index >= 15 is 0 Å². The number of aliphatic hydroxyl groups excluding tert-OH is 1. The van der Waals surface area contributed by atoms with Crippen molar-refractivity contribution in [1.82, 2.24) is 10.2 Å². The molecule has 0 spiro atoms. The molecular weight excluding hydrogens is 280 g/mol. The summed E-state index contributed by atoms with van der Waals surface area (Å²) in [5.41, 5.74) is 0. The first-order valence-electron chi connectivity index (χ1n) is 8.86. The van der Waals surface area contributed by atoms with Crippen LogP contribution in [0, 0.1) is 5.92 Å². The molecule has 1 heterocycles. The summed E-state index contributed by atoms with van der Waals surface area (Å²) in [5, 5.41) is 12.3. The number of hydrogen-bond donors (Lipinski definition) is 2. The summed E-state index contributed by atoms with van der Waals surface area (Å²) in [6.45, 7) is 2.97. The lowest BCUT2D eigenvalue weighted by Gasteiger charge is -2.36. The highest BCUT2D eigenvalue weighted by atomic mass is 16.3. The molecule has 1 atom stereocenters. The second kappa shape index (κ2) is 8.51. The summed E-state index contributed by atoms with van der Waals surface area (Å²) in [5.74, 6) is 0.536. The molecule has 1 unspecified atom stereocenters. The molecule has 5 heteroatoms. The molecule has 0 bridgehead atoms. The maximum Gasteiger partial charge on any atom is 0.243 e. The van der Waals surface area contributed by atoms with Crippen LogP contribution < -0.4 is 5.32 Å². The molecule has 5 nitrogen and oxygen atoms in total. The van der Waals surface area contributed by atoms with Crippen LogP contribution in [-0.2, 0) is 9.59 Å². The summed E-state index contributed by atoms with van der Waals surface area (Å²) < 4.78 is 0. The van der Waals surface area contributed by atoms with E-state index in [0.29, 0.717) is 18.9 Å². The molecule has 2 aliphatic rings. The van der Waals surface area contributed by atoms with E-state index in [4.69, 9.17) is 0 Å². The Morgan fingerprint density at radius 2 is 1.86 bits per heavy atom. The van der Waals surface area contributed by atoms with E-state index in [1.54, 1.807) is 4.90 Å². The van der Waals surface area contributed by atoms with E-state index in [0.717, 1.165) is 51.4 Å². The number of likely N-dealkylation sites (tertiary alicyclic amines) is 1. The van der Waals surface area contributed by atoms with E-state index in [-0.39, 0.29) is 30.5 Å². The number of hydrogen-bond acceptors (Lipinski definition) is 3. The number of piperidine rings is 1. The van der Waals surface area contributed by atoms with Crippen molar-refractivity contribution in [3.8, 4) is 0 Å². The highest BCUT2D eigenvalue weighted by Crippen LogP contribution is 2.25. The zero-order valence-corrected chi connectivity index (χ0v) is 13.7. The van der Waals surface area contributed by atoms with E-state index in [2.05, 4.69) is 5.32 Å². The minimum Gasteiger partial charge on any atom is -0.396 e. The largest absolute Gasteiger partial charge is 0.396 e. The highest BCUT2D eigenvalue weighted by Gasteiger charge is 2.33. The fourth-order valence-electron chi connectivity index (χ4n) is 3.65. The molecule has 0 radical (unpaired) electrons. The van der Waals surface area contributed by atoms with Gasteiger partial charge in [-0.15, -0.1) is 0 Å². The van der Waals surface area contributed by atoms with Gasteiger partial charge in [-0.1, -0.05) is 6.92 Å². The van der Waals surface area contributed by atoms with Crippen LogP contribution >= 0.6 is 0 Å². The monoisotopic (exact) mass is 310 g/mol. The van der Waals surface area contributed by atoms with Gasteiger partial charge in [0, 0.05) is 25.6 Å². The van der Waals surface area contributed by atoms with Crippen molar-refractivity contribution in [2.24, 2.45) is 5.92 Å². The third-order valence-electron chi connectivity index (χ3n) is 5.04. The summed E-state index contributed by atoms with van der Waals surface area (Å²) in [4.78, 5) is 26.6. The zero-order chi connectivity index (χ0) is 15.9. The highest BCUT2D eigenvalue weighted by molar-refractivity contribution is 5.88. The molecule has 0 aromatic rings. The van der Waals surface area contributed by atoms with Crippen LogP contribution in [0.2, 0.25) is 0 Å². The van der Waals surface area contributed by atoms with Gasteiger partial charge < -0.3 is 15.3 Å². The Balaban J connectivity index is 1.88. The van der Waals surface area contributed by atoms with Gasteiger partial charge in [-0.3, -0.25) is 9.59 Å². The Hall–Kier alpha value is -1.10. The van der Waals surface area contributed by atoms with Crippen LogP contribution in [-0.4, -0.2) is 47.1 Å². The Bertz CT molecular complexity index is 378. The topological polar surface area (TPSA) is 69.6 Å². The summed E-state index contributed by atoms with van der Waals surface area (Å²) >= 11 is 0. The van der Waals surface area contributed by atoms with Gasteiger partial charge in [-0.05, 0) is 57.3 Å². The number of aliphatic hydroxyl groups is 1. The molecule has 126 valence electrons. The van der Waals surface area contributed by atoms with Gasteiger partial charge in [-0.2, -0.15) is 0 Å². The lowest BCUT2D eigenvalue weighted by atomic mass is 9.86. The zero-order valence-electron chi connectivity index (χ0n) is 13.7. The van der Waals surface area contributed by atoms with E-state index < -0.39 is 0 Å². The number of carbonyl (C=O) groups is 2. The van der Waals surface area contributed by atoms with Crippen molar-refractivity contribution >= 4 is 11.8 Å². The number of rotatable bonds is 5. The number of amides is 2. The number of carbonyl (C=O) groups excluding carboxylic acids is 2.